The lowest BCUT2D eigenvalue weighted by Crippen LogP contribution is -2.46. The summed E-state index contributed by atoms with van der Waals surface area (Å²) in [6, 6.07) is 12.4. The predicted molar refractivity (Wildman–Crippen MR) is 103 cm³/mol. The SMILES string of the molecule is CN=C(NCC(=O)N1CCc2sccc2C1)N(C)Cc1ccccc1. The Morgan fingerprint density at radius 1 is 1.32 bits per heavy atom. The van der Waals surface area contributed by atoms with Crippen LogP contribution >= 0.6 is 11.3 Å². The van der Waals surface area contributed by atoms with Crippen molar-refractivity contribution in [2.45, 2.75) is 19.5 Å². The minimum Gasteiger partial charge on any atom is -0.347 e. The molecule has 25 heavy (non-hydrogen) atoms. The third kappa shape index (κ3) is 4.39. The molecule has 1 aliphatic heterocycles. The Morgan fingerprint density at radius 3 is 2.88 bits per heavy atom. The Balaban J connectivity index is 1.52. The zero-order valence-electron chi connectivity index (χ0n) is 14.7. The molecule has 1 aliphatic rings. The van der Waals surface area contributed by atoms with Crippen LogP contribution in [0.15, 0.2) is 46.8 Å². The van der Waals surface area contributed by atoms with Gasteiger partial charge in [0.05, 0.1) is 6.54 Å². The van der Waals surface area contributed by atoms with E-state index in [-0.39, 0.29) is 12.5 Å². The molecule has 0 fully saturated rings. The van der Waals surface area contributed by atoms with E-state index in [2.05, 4.69) is 33.9 Å². The number of hydrogen-bond donors (Lipinski definition) is 1. The Morgan fingerprint density at radius 2 is 2.12 bits per heavy atom. The molecule has 1 N–H and O–H groups in total. The van der Waals surface area contributed by atoms with E-state index >= 15 is 0 Å². The molecule has 0 saturated carbocycles. The quantitative estimate of drug-likeness (QED) is 0.676. The molecule has 5 nitrogen and oxygen atoms in total. The molecule has 1 aromatic heterocycles. The Kier molecular flexibility index (Phi) is 5.71. The number of carbonyl (C=O) groups is 1. The van der Waals surface area contributed by atoms with E-state index < -0.39 is 0 Å². The van der Waals surface area contributed by atoms with Crippen LogP contribution in [0.4, 0.5) is 0 Å². The lowest BCUT2D eigenvalue weighted by Gasteiger charge is -2.28. The van der Waals surface area contributed by atoms with Crippen LogP contribution in [0.5, 0.6) is 0 Å². The topological polar surface area (TPSA) is 47.9 Å². The Labute approximate surface area is 153 Å². The molecule has 0 aliphatic carbocycles. The average molecular weight is 356 g/mol. The molecule has 0 atom stereocenters. The summed E-state index contributed by atoms with van der Waals surface area (Å²) in [6.07, 6.45) is 0.960. The number of fused-ring (bicyclic) bond motifs is 1. The van der Waals surface area contributed by atoms with Gasteiger partial charge >= 0.3 is 0 Å². The number of aliphatic imine (C=N–C) groups is 1. The molecule has 2 aromatic rings. The summed E-state index contributed by atoms with van der Waals surface area (Å²) < 4.78 is 0. The Bertz CT molecular complexity index is 741. The van der Waals surface area contributed by atoms with Crippen LogP contribution in [-0.2, 0) is 24.3 Å². The van der Waals surface area contributed by atoms with Crippen molar-refractivity contribution in [3.8, 4) is 0 Å². The van der Waals surface area contributed by atoms with Crippen LogP contribution in [0.2, 0.25) is 0 Å². The van der Waals surface area contributed by atoms with Crippen molar-refractivity contribution in [1.29, 1.82) is 0 Å². The molecule has 132 valence electrons. The fourth-order valence-corrected chi connectivity index (χ4v) is 3.93. The van der Waals surface area contributed by atoms with Gasteiger partial charge in [-0.2, -0.15) is 0 Å². The van der Waals surface area contributed by atoms with Crippen molar-refractivity contribution in [3.63, 3.8) is 0 Å². The zero-order chi connectivity index (χ0) is 17.6. The number of nitrogens with zero attached hydrogens (tertiary/aromatic N) is 3. The molecular formula is C19H24N4OS. The van der Waals surface area contributed by atoms with E-state index in [1.54, 1.807) is 18.4 Å². The largest absolute Gasteiger partial charge is 0.347 e. The highest BCUT2D eigenvalue weighted by Crippen LogP contribution is 2.23. The van der Waals surface area contributed by atoms with Gasteiger partial charge in [-0.15, -0.1) is 11.3 Å². The molecule has 1 amide bonds. The summed E-state index contributed by atoms with van der Waals surface area (Å²) in [4.78, 5) is 22.2. The summed E-state index contributed by atoms with van der Waals surface area (Å²) in [5.41, 5.74) is 2.50. The van der Waals surface area contributed by atoms with E-state index in [1.165, 1.54) is 16.0 Å². The summed E-state index contributed by atoms with van der Waals surface area (Å²) in [5.74, 6) is 0.844. The highest BCUT2D eigenvalue weighted by molar-refractivity contribution is 7.10. The van der Waals surface area contributed by atoms with Crippen molar-refractivity contribution >= 4 is 23.2 Å². The van der Waals surface area contributed by atoms with Gasteiger partial charge < -0.3 is 15.1 Å². The van der Waals surface area contributed by atoms with Gasteiger partial charge in [0.15, 0.2) is 5.96 Å². The summed E-state index contributed by atoms with van der Waals surface area (Å²) >= 11 is 1.79. The normalized spacial score (nSPS) is 14.2. The van der Waals surface area contributed by atoms with Gasteiger partial charge in [-0.1, -0.05) is 30.3 Å². The van der Waals surface area contributed by atoms with Crippen LogP contribution in [0, 0.1) is 0 Å². The van der Waals surface area contributed by atoms with E-state index in [1.807, 2.05) is 35.0 Å². The minimum atomic E-state index is 0.117. The summed E-state index contributed by atoms with van der Waals surface area (Å²) in [5, 5.41) is 5.30. The monoisotopic (exact) mass is 356 g/mol. The first-order valence-electron chi connectivity index (χ1n) is 8.46. The molecule has 1 aromatic carbocycles. The molecule has 0 radical (unpaired) electrons. The van der Waals surface area contributed by atoms with Crippen molar-refractivity contribution < 1.29 is 4.79 Å². The average Bonchev–Trinajstić information content (AvgIpc) is 3.10. The van der Waals surface area contributed by atoms with Crippen LogP contribution in [0.1, 0.15) is 16.0 Å². The minimum absolute atomic E-state index is 0.117. The molecule has 0 unspecified atom stereocenters. The van der Waals surface area contributed by atoms with E-state index in [9.17, 15) is 4.79 Å². The molecule has 0 bridgehead atoms. The fourth-order valence-electron chi connectivity index (χ4n) is 3.04. The number of hydrogen-bond acceptors (Lipinski definition) is 3. The maximum atomic E-state index is 12.5. The number of nitrogens with one attached hydrogen (secondary N) is 1. The number of thiophene rings is 1. The summed E-state index contributed by atoms with van der Waals surface area (Å²) in [6.45, 7) is 2.53. The Hall–Kier alpha value is -2.34. The molecule has 0 spiro atoms. The summed E-state index contributed by atoms with van der Waals surface area (Å²) in [7, 11) is 3.72. The molecule has 2 heterocycles. The van der Waals surface area contributed by atoms with Gasteiger partial charge in [-0.3, -0.25) is 9.79 Å². The number of carbonyl (C=O) groups excluding carboxylic acids is 1. The van der Waals surface area contributed by atoms with Crippen molar-refractivity contribution in [2.75, 3.05) is 27.2 Å². The maximum absolute atomic E-state index is 12.5. The van der Waals surface area contributed by atoms with E-state index in [0.717, 1.165) is 32.0 Å². The van der Waals surface area contributed by atoms with Crippen molar-refractivity contribution in [2.24, 2.45) is 4.99 Å². The van der Waals surface area contributed by atoms with Crippen molar-refractivity contribution in [1.82, 2.24) is 15.1 Å². The molecular weight excluding hydrogens is 332 g/mol. The number of amides is 1. The second-order valence-corrected chi connectivity index (χ2v) is 7.18. The first kappa shape index (κ1) is 17.5. The van der Waals surface area contributed by atoms with Crippen LogP contribution in [0.3, 0.4) is 0 Å². The van der Waals surface area contributed by atoms with Gasteiger partial charge in [-0.05, 0) is 29.0 Å². The van der Waals surface area contributed by atoms with Gasteiger partial charge in [-0.25, -0.2) is 0 Å². The van der Waals surface area contributed by atoms with Crippen LogP contribution in [0.25, 0.3) is 0 Å². The second kappa shape index (κ2) is 8.16. The fraction of sp³-hybridized carbons (Fsp3) is 0.368. The predicted octanol–water partition coefficient (Wildman–Crippen LogP) is 2.34. The smallest absolute Gasteiger partial charge is 0.242 e. The first-order chi connectivity index (χ1) is 12.2. The van der Waals surface area contributed by atoms with Gasteiger partial charge in [0, 0.05) is 38.6 Å². The number of rotatable bonds is 4. The highest BCUT2D eigenvalue weighted by atomic mass is 32.1. The molecule has 0 saturated heterocycles. The lowest BCUT2D eigenvalue weighted by atomic mass is 10.1. The van der Waals surface area contributed by atoms with Gasteiger partial charge in [0.25, 0.3) is 0 Å². The molecule has 6 heteroatoms. The third-order valence-electron chi connectivity index (χ3n) is 4.39. The first-order valence-corrected chi connectivity index (χ1v) is 9.34. The highest BCUT2D eigenvalue weighted by Gasteiger charge is 2.21. The van der Waals surface area contributed by atoms with E-state index in [4.69, 9.17) is 0 Å². The van der Waals surface area contributed by atoms with Gasteiger partial charge in [0.2, 0.25) is 5.91 Å². The van der Waals surface area contributed by atoms with Gasteiger partial charge in [0.1, 0.15) is 0 Å². The third-order valence-corrected chi connectivity index (χ3v) is 5.42. The second-order valence-electron chi connectivity index (χ2n) is 6.18. The number of guanidine groups is 1. The molecule has 3 rings (SSSR count). The van der Waals surface area contributed by atoms with Crippen molar-refractivity contribution in [3.05, 3.63) is 57.8 Å². The lowest BCUT2D eigenvalue weighted by molar-refractivity contribution is -0.130. The number of benzene rings is 1. The van der Waals surface area contributed by atoms with E-state index in [0.29, 0.717) is 0 Å². The maximum Gasteiger partial charge on any atom is 0.242 e. The zero-order valence-corrected chi connectivity index (χ0v) is 15.6. The van der Waals surface area contributed by atoms with Crippen LogP contribution < -0.4 is 5.32 Å². The van der Waals surface area contributed by atoms with Crippen LogP contribution in [-0.4, -0.2) is 48.9 Å². The standard InChI is InChI=1S/C19H24N4OS/c1-20-19(22(2)13-15-6-4-3-5-7-15)21-12-18(24)23-10-8-17-16(14-23)9-11-25-17/h3-7,9,11H,8,10,12-14H2,1-2H3,(H,20,21).